The van der Waals surface area contributed by atoms with E-state index in [2.05, 4.69) is 15.6 Å². The molecule has 0 unspecified atom stereocenters. The van der Waals surface area contributed by atoms with Gasteiger partial charge in [-0.05, 0) is 56.6 Å². The van der Waals surface area contributed by atoms with Gasteiger partial charge in [0.25, 0.3) is 11.8 Å². The zero-order valence-corrected chi connectivity index (χ0v) is 24.5. The van der Waals surface area contributed by atoms with Crippen LogP contribution in [0.2, 0.25) is 0 Å². The van der Waals surface area contributed by atoms with E-state index in [0.717, 1.165) is 25.1 Å². The highest BCUT2D eigenvalue weighted by molar-refractivity contribution is 6.00. The third-order valence-electron chi connectivity index (χ3n) is 7.88. The van der Waals surface area contributed by atoms with Crippen molar-refractivity contribution in [2.24, 2.45) is 0 Å². The van der Waals surface area contributed by atoms with Crippen LogP contribution in [0.25, 0.3) is 11.3 Å². The van der Waals surface area contributed by atoms with Gasteiger partial charge in [0, 0.05) is 62.3 Å². The highest BCUT2D eigenvalue weighted by Gasteiger charge is 2.39. The summed E-state index contributed by atoms with van der Waals surface area (Å²) in [5, 5.41) is 6.29. The number of ether oxygens (including phenoxy) is 1. The number of anilines is 1. The van der Waals surface area contributed by atoms with Crippen LogP contribution in [-0.4, -0.2) is 78.1 Å². The summed E-state index contributed by atoms with van der Waals surface area (Å²) in [4.78, 5) is 39.4. The summed E-state index contributed by atoms with van der Waals surface area (Å²) in [5.74, 6) is -1.82. The molecule has 3 aromatic rings. The number of nitrogens with one attached hydrogen (secondary N) is 2. The Morgan fingerprint density at radius 3 is 2.64 bits per heavy atom. The maximum absolute atomic E-state index is 13.7. The fourth-order valence-electron chi connectivity index (χ4n) is 5.69. The molecule has 2 fully saturated rings. The predicted molar refractivity (Wildman–Crippen MR) is 156 cm³/mol. The smallest absolute Gasteiger partial charge is 0.417 e. The number of pyridine rings is 2. The summed E-state index contributed by atoms with van der Waals surface area (Å²) in [6.45, 7) is 5.88. The van der Waals surface area contributed by atoms with E-state index in [9.17, 15) is 27.2 Å². The summed E-state index contributed by atoms with van der Waals surface area (Å²) >= 11 is 0. The van der Waals surface area contributed by atoms with E-state index in [-0.39, 0.29) is 43.3 Å². The molecular formula is C31H34F4N6O3. The molecule has 44 heavy (non-hydrogen) atoms. The minimum Gasteiger partial charge on any atom is -0.492 e. The van der Waals surface area contributed by atoms with Gasteiger partial charge in [0.05, 0.1) is 23.4 Å². The number of hydrogen-bond acceptors (Lipinski definition) is 7. The van der Waals surface area contributed by atoms with Gasteiger partial charge in [-0.15, -0.1) is 0 Å². The second-order valence-corrected chi connectivity index (χ2v) is 10.7. The molecule has 13 heteroatoms. The van der Waals surface area contributed by atoms with Crippen LogP contribution >= 0.6 is 0 Å². The zero-order valence-electron chi connectivity index (χ0n) is 24.5. The highest BCUT2D eigenvalue weighted by atomic mass is 19.4. The topological polar surface area (TPSA) is 99.7 Å². The monoisotopic (exact) mass is 614 g/mol. The Morgan fingerprint density at radius 2 is 1.98 bits per heavy atom. The summed E-state index contributed by atoms with van der Waals surface area (Å²) in [5.41, 5.74) is -0.113. The fraction of sp³-hybridized carbons (Fsp3) is 0.419. The lowest BCUT2D eigenvalue weighted by Gasteiger charge is -2.43. The molecule has 234 valence electrons. The molecule has 0 radical (unpaired) electrons. The van der Waals surface area contributed by atoms with Crippen molar-refractivity contribution >= 4 is 17.5 Å². The lowest BCUT2D eigenvalue weighted by atomic mass is 10.0. The van der Waals surface area contributed by atoms with Crippen LogP contribution in [0.3, 0.4) is 0 Å². The van der Waals surface area contributed by atoms with E-state index in [1.807, 2.05) is 24.8 Å². The maximum atomic E-state index is 13.7. The predicted octanol–water partition coefficient (Wildman–Crippen LogP) is 4.53. The summed E-state index contributed by atoms with van der Waals surface area (Å²) in [6.07, 6.45) is -0.337. The first-order valence-corrected chi connectivity index (χ1v) is 14.6. The van der Waals surface area contributed by atoms with E-state index in [1.54, 1.807) is 24.5 Å². The largest absolute Gasteiger partial charge is 0.492 e. The minimum absolute atomic E-state index is 0.0689. The number of hydrogen-bond donors (Lipinski definition) is 2. The summed E-state index contributed by atoms with van der Waals surface area (Å²) in [6, 6.07) is 7.00. The number of halogens is 4. The second-order valence-electron chi connectivity index (χ2n) is 10.7. The van der Waals surface area contributed by atoms with Crippen molar-refractivity contribution in [1.29, 1.82) is 0 Å². The van der Waals surface area contributed by atoms with Crippen LogP contribution < -0.4 is 20.3 Å². The molecular weight excluding hydrogens is 580 g/mol. The molecule has 5 rings (SSSR count). The molecule has 0 spiro atoms. The quantitative estimate of drug-likeness (QED) is 0.360. The van der Waals surface area contributed by atoms with E-state index in [4.69, 9.17) is 9.72 Å². The Bertz CT molecular complexity index is 1500. The van der Waals surface area contributed by atoms with E-state index in [0.29, 0.717) is 48.3 Å². The van der Waals surface area contributed by atoms with Crippen LogP contribution in [-0.2, 0) is 6.18 Å². The van der Waals surface area contributed by atoms with Crippen molar-refractivity contribution in [3.05, 3.63) is 71.4 Å². The van der Waals surface area contributed by atoms with Crippen LogP contribution in [0.5, 0.6) is 5.75 Å². The first-order valence-electron chi connectivity index (χ1n) is 14.6. The molecule has 2 aromatic heterocycles. The van der Waals surface area contributed by atoms with Crippen LogP contribution in [0.1, 0.15) is 53.1 Å². The molecule has 2 saturated heterocycles. The number of benzene rings is 1. The Hall–Kier alpha value is -4.26. The fourth-order valence-corrected chi connectivity index (χ4v) is 5.69. The number of amides is 2. The Balaban J connectivity index is 1.51. The van der Waals surface area contributed by atoms with Crippen molar-refractivity contribution in [1.82, 2.24) is 25.5 Å². The highest BCUT2D eigenvalue weighted by Crippen LogP contribution is 2.37. The molecule has 2 atom stereocenters. The van der Waals surface area contributed by atoms with E-state index < -0.39 is 29.0 Å². The molecule has 0 saturated carbocycles. The first-order chi connectivity index (χ1) is 21.1. The van der Waals surface area contributed by atoms with Crippen molar-refractivity contribution < 1.29 is 31.9 Å². The number of alkyl halides is 3. The van der Waals surface area contributed by atoms with Gasteiger partial charge < -0.3 is 25.2 Å². The molecule has 1 aromatic carbocycles. The third-order valence-corrected chi connectivity index (χ3v) is 7.88. The molecule has 2 N–H and O–H groups in total. The SMILES string of the molecule is CCOc1cc(N2CCN(C(=O)c3ccc(F)cc3C(F)(F)F)C[C@H]2CC)c(C(=O)N[C@@H]2CCNC2)nc1-c1cccnc1. The average molecular weight is 615 g/mol. The normalized spacial score (nSPS) is 18.8. The number of carbonyl (C=O) groups excluding carboxylic acids is 2. The van der Waals surface area contributed by atoms with Crippen LogP contribution in [0.4, 0.5) is 23.2 Å². The van der Waals surface area contributed by atoms with Gasteiger partial charge in [-0.1, -0.05) is 6.92 Å². The number of piperazine rings is 1. The average Bonchev–Trinajstić information content (AvgIpc) is 3.53. The summed E-state index contributed by atoms with van der Waals surface area (Å²) in [7, 11) is 0. The maximum Gasteiger partial charge on any atom is 0.417 e. The van der Waals surface area contributed by atoms with Gasteiger partial charge in [0.1, 0.15) is 17.3 Å². The molecule has 2 aliphatic heterocycles. The lowest BCUT2D eigenvalue weighted by molar-refractivity contribution is -0.138. The Kier molecular flexibility index (Phi) is 9.33. The van der Waals surface area contributed by atoms with Crippen molar-refractivity contribution in [3.63, 3.8) is 0 Å². The van der Waals surface area contributed by atoms with Gasteiger partial charge in [-0.3, -0.25) is 14.6 Å². The lowest BCUT2D eigenvalue weighted by Crippen LogP contribution is -2.55. The number of rotatable bonds is 8. The standard InChI is InChI=1S/C31H34F4N6O3/c1-3-22-18-40(30(43)23-8-7-20(32)14-24(23)31(33,34)35)12-13-41(22)25-15-26(44-4-2)27(19-6-5-10-36-16-19)39-28(25)29(42)38-21-9-11-37-17-21/h5-8,10,14-16,21-22,37H,3-4,9,11-13,17-18H2,1-2H3,(H,38,42)/t21-,22-/m1/s1. The van der Waals surface area contributed by atoms with Gasteiger partial charge >= 0.3 is 6.18 Å². The molecule has 4 heterocycles. The molecule has 0 aliphatic carbocycles. The number of aromatic nitrogens is 2. The Morgan fingerprint density at radius 1 is 1.16 bits per heavy atom. The van der Waals surface area contributed by atoms with Gasteiger partial charge in [-0.2, -0.15) is 13.2 Å². The van der Waals surface area contributed by atoms with E-state index >= 15 is 0 Å². The van der Waals surface area contributed by atoms with Gasteiger partial charge in [0.15, 0.2) is 5.69 Å². The number of nitrogens with zero attached hydrogens (tertiary/aromatic N) is 4. The van der Waals surface area contributed by atoms with Crippen molar-refractivity contribution in [2.45, 2.75) is 44.9 Å². The van der Waals surface area contributed by atoms with Gasteiger partial charge in [-0.25, -0.2) is 9.37 Å². The molecule has 2 aliphatic rings. The number of carbonyl (C=O) groups is 2. The van der Waals surface area contributed by atoms with Crippen molar-refractivity contribution in [2.75, 3.05) is 44.2 Å². The third kappa shape index (κ3) is 6.62. The van der Waals surface area contributed by atoms with Crippen molar-refractivity contribution in [3.8, 4) is 17.0 Å². The molecule has 9 nitrogen and oxygen atoms in total. The molecule has 0 bridgehead atoms. The zero-order chi connectivity index (χ0) is 31.4. The van der Waals surface area contributed by atoms with Crippen LogP contribution in [0, 0.1) is 5.82 Å². The van der Waals surface area contributed by atoms with Gasteiger partial charge in [0.2, 0.25) is 0 Å². The Labute approximate surface area is 252 Å². The minimum atomic E-state index is -4.90. The second kappa shape index (κ2) is 13.2. The van der Waals surface area contributed by atoms with E-state index in [1.165, 1.54) is 4.90 Å². The summed E-state index contributed by atoms with van der Waals surface area (Å²) < 4.78 is 60.8. The molecule has 2 amide bonds. The van der Waals surface area contributed by atoms with Crippen LogP contribution in [0.15, 0.2) is 48.8 Å². The first kappa shape index (κ1) is 31.2.